The van der Waals surface area contributed by atoms with Gasteiger partial charge in [0.15, 0.2) is 9.76 Å². The Balaban J connectivity index is 2.28. The van der Waals surface area contributed by atoms with Crippen molar-refractivity contribution in [1.29, 1.82) is 0 Å². The quantitative estimate of drug-likeness (QED) is 0.485. The van der Waals surface area contributed by atoms with Gasteiger partial charge in [0.05, 0.1) is 0 Å². The SMILES string of the molecule is C[SiH2]OCCc1ccccc1. The first kappa shape index (κ1) is 8.49. The Bertz CT molecular complexity index is 186. The lowest BCUT2D eigenvalue weighted by atomic mass is 10.2. The van der Waals surface area contributed by atoms with E-state index >= 15 is 0 Å². The molecule has 0 fully saturated rings. The molecular formula is C9H14OSi. The number of hydrogen-bond acceptors (Lipinski definition) is 1. The van der Waals surface area contributed by atoms with E-state index < -0.39 is 0 Å². The molecule has 0 aromatic heterocycles. The molecule has 0 heterocycles. The van der Waals surface area contributed by atoms with E-state index in [0.29, 0.717) is 0 Å². The molecule has 11 heavy (non-hydrogen) atoms. The van der Waals surface area contributed by atoms with Crippen LogP contribution < -0.4 is 0 Å². The third-order valence-electron chi connectivity index (χ3n) is 1.58. The lowest BCUT2D eigenvalue weighted by Gasteiger charge is -2.00. The summed E-state index contributed by atoms with van der Waals surface area (Å²) in [5.74, 6) is 0. The molecule has 0 saturated carbocycles. The van der Waals surface area contributed by atoms with Gasteiger partial charge in [-0.2, -0.15) is 0 Å². The van der Waals surface area contributed by atoms with E-state index in [1.165, 1.54) is 5.56 Å². The van der Waals surface area contributed by atoms with Gasteiger partial charge in [0.1, 0.15) is 0 Å². The Morgan fingerprint density at radius 3 is 2.64 bits per heavy atom. The molecule has 0 unspecified atom stereocenters. The molecule has 60 valence electrons. The maximum absolute atomic E-state index is 5.38. The minimum Gasteiger partial charge on any atom is -0.424 e. The van der Waals surface area contributed by atoms with Gasteiger partial charge in [0.2, 0.25) is 0 Å². The van der Waals surface area contributed by atoms with Crippen molar-refractivity contribution in [1.82, 2.24) is 0 Å². The summed E-state index contributed by atoms with van der Waals surface area (Å²) in [6.45, 7) is 3.05. The Kier molecular flexibility index (Phi) is 3.94. The van der Waals surface area contributed by atoms with Crippen molar-refractivity contribution < 1.29 is 4.43 Å². The summed E-state index contributed by atoms with van der Waals surface area (Å²) in [5, 5.41) is 0. The van der Waals surface area contributed by atoms with Crippen LogP contribution in [0.5, 0.6) is 0 Å². The van der Waals surface area contributed by atoms with E-state index in [-0.39, 0.29) is 9.76 Å². The second-order valence-corrected chi connectivity index (χ2v) is 3.42. The second kappa shape index (κ2) is 5.10. The average Bonchev–Trinajstić information content (AvgIpc) is 2.07. The van der Waals surface area contributed by atoms with Crippen LogP contribution in [-0.4, -0.2) is 16.4 Å². The minimum atomic E-state index is -0.202. The molecule has 0 saturated heterocycles. The van der Waals surface area contributed by atoms with Crippen LogP contribution >= 0.6 is 0 Å². The summed E-state index contributed by atoms with van der Waals surface area (Å²) in [5.41, 5.74) is 1.37. The monoisotopic (exact) mass is 166 g/mol. The highest BCUT2D eigenvalue weighted by atomic mass is 28.2. The first-order valence-corrected chi connectivity index (χ1v) is 6.04. The molecule has 1 rings (SSSR count). The highest BCUT2D eigenvalue weighted by Crippen LogP contribution is 1.98. The summed E-state index contributed by atoms with van der Waals surface area (Å²) in [6.07, 6.45) is 1.06. The van der Waals surface area contributed by atoms with Crippen LogP contribution in [0.15, 0.2) is 30.3 Å². The fourth-order valence-electron chi connectivity index (χ4n) is 0.979. The van der Waals surface area contributed by atoms with Crippen molar-refractivity contribution >= 4 is 9.76 Å². The summed E-state index contributed by atoms with van der Waals surface area (Å²) >= 11 is 0. The van der Waals surface area contributed by atoms with Crippen molar-refractivity contribution in [2.75, 3.05) is 6.61 Å². The Morgan fingerprint density at radius 1 is 1.27 bits per heavy atom. The fourth-order valence-corrected chi connectivity index (χ4v) is 1.41. The molecule has 0 N–H and O–H groups in total. The van der Waals surface area contributed by atoms with E-state index in [1.807, 2.05) is 6.07 Å². The van der Waals surface area contributed by atoms with Crippen molar-refractivity contribution in [2.45, 2.75) is 13.0 Å². The van der Waals surface area contributed by atoms with Crippen LogP contribution in [0.3, 0.4) is 0 Å². The summed E-state index contributed by atoms with van der Waals surface area (Å²) in [7, 11) is -0.202. The van der Waals surface area contributed by atoms with E-state index in [4.69, 9.17) is 4.43 Å². The van der Waals surface area contributed by atoms with Gasteiger partial charge in [-0.3, -0.25) is 0 Å². The van der Waals surface area contributed by atoms with E-state index in [2.05, 4.69) is 30.8 Å². The summed E-state index contributed by atoms with van der Waals surface area (Å²) < 4.78 is 5.38. The topological polar surface area (TPSA) is 9.23 Å². The number of benzene rings is 1. The summed E-state index contributed by atoms with van der Waals surface area (Å²) in [4.78, 5) is 0. The molecule has 1 aromatic carbocycles. The smallest absolute Gasteiger partial charge is 0.158 e. The van der Waals surface area contributed by atoms with Gasteiger partial charge in [-0.15, -0.1) is 0 Å². The largest absolute Gasteiger partial charge is 0.424 e. The van der Waals surface area contributed by atoms with Crippen LogP contribution in [0.2, 0.25) is 6.55 Å². The van der Waals surface area contributed by atoms with Crippen molar-refractivity contribution in [2.24, 2.45) is 0 Å². The molecule has 0 amide bonds. The normalized spacial score (nSPS) is 11.0. The zero-order valence-corrected chi connectivity index (χ0v) is 8.33. The van der Waals surface area contributed by atoms with Gasteiger partial charge in [-0.25, -0.2) is 0 Å². The Labute approximate surface area is 70.3 Å². The molecule has 0 atom stereocenters. The first-order chi connectivity index (χ1) is 5.43. The van der Waals surface area contributed by atoms with Crippen LogP contribution in [0.25, 0.3) is 0 Å². The highest BCUT2D eigenvalue weighted by Gasteiger charge is 1.89. The molecule has 1 aromatic rings. The van der Waals surface area contributed by atoms with Crippen LogP contribution in [0, 0.1) is 0 Å². The summed E-state index contributed by atoms with van der Waals surface area (Å²) in [6, 6.07) is 10.5. The highest BCUT2D eigenvalue weighted by molar-refractivity contribution is 6.24. The van der Waals surface area contributed by atoms with Gasteiger partial charge in [0, 0.05) is 6.61 Å². The molecule has 0 aliphatic rings. The van der Waals surface area contributed by atoms with Gasteiger partial charge >= 0.3 is 0 Å². The molecule has 0 bridgehead atoms. The standard InChI is InChI=1S/C9H14OSi/c1-11-10-8-7-9-5-3-2-4-6-9/h2-6H,7-8,11H2,1H3. The fraction of sp³-hybridized carbons (Fsp3) is 0.333. The molecule has 0 aliphatic heterocycles. The van der Waals surface area contributed by atoms with Gasteiger partial charge in [-0.05, 0) is 12.0 Å². The van der Waals surface area contributed by atoms with Gasteiger partial charge < -0.3 is 4.43 Å². The molecule has 0 radical (unpaired) electrons. The van der Waals surface area contributed by atoms with E-state index in [1.54, 1.807) is 0 Å². The zero-order chi connectivity index (χ0) is 7.94. The molecular weight excluding hydrogens is 152 g/mol. The number of hydrogen-bond donors (Lipinski definition) is 0. The second-order valence-electron chi connectivity index (χ2n) is 2.43. The number of rotatable bonds is 4. The first-order valence-electron chi connectivity index (χ1n) is 4.05. The average molecular weight is 166 g/mol. The molecule has 0 spiro atoms. The van der Waals surface area contributed by atoms with Crippen LogP contribution in [0.4, 0.5) is 0 Å². The van der Waals surface area contributed by atoms with Crippen LogP contribution in [-0.2, 0) is 10.8 Å². The lowest BCUT2D eigenvalue weighted by Crippen LogP contribution is -1.99. The van der Waals surface area contributed by atoms with Crippen LogP contribution in [0.1, 0.15) is 5.56 Å². The minimum absolute atomic E-state index is 0.202. The maximum atomic E-state index is 5.38. The van der Waals surface area contributed by atoms with Gasteiger partial charge in [0.25, 0.3) is 0 Å². The van der Waals surface area contributed by atoms with Crippen molar-refractivity contribution in [3.05, 3.63) is 35.9 Å². The Hall–Kier alpha value is -0.603. The predicted molar refractivity (Wildman–Crippen MR) is 50.5 cm³/mol. The van der Waals surface area contributed by atoms with Crippen molar-refractivity contribution in [3.63, 3.8) is 0 Å². The predicted octanol–water partition coefficient (Wildman–Crippen LogP) is 1.38. The lowest BCUT2D eigenvalue weighted by molar-refractivity contribution is 0.343. The van der Waals surface area contributed by atoms with Crippen molar-refractivity contribution in [3.8, 4) is 0 Å². The van der Waals surface area contributed by atoms with E-state index in [0.717, 1.165) is 13.0 Å². The maximum Gasteiger partial charge on any atom is 0.158 e. The molecule has 0 aliphatic carbocycles. The van der Waals surface area contributed by atoms with Gasteiger partial charge in [-0.1, -0.05) is 36.9 Å². The van der Waals surface area contributed by atoms with E-state index in [9.17, 15) is 0 Å². The third kappa shape index (κ3) is 3.35. The zero-order valence-electron chi connectivity index (χ0n) is 6.92. The Morgan fingerprint density at radius 2 is 2.00 bits per heavy atom. The molecule has 2 heteroatoms. The third-order valence-corrected chi connectivity index (χ3v) is 2.28. The molecule has 1 nitrogen and oxygen atoms in total.